The molecule has 7 heteroatoms. The highest BCUT2D eigenvalue weighted by molar-refractivity contribution is 6.31. The minimum absolute atomic E-state index is 0.0678. The summed E-state index contributed by atoms with van der Waals surface area (Å²) < 4.78 is 36.9. The number of rotatable bonds is 4. The maximum absolute atomic E-state index is 12.3. The first-order valence-electron chi connectivity index (χ1n) is 6.64. The predicted molar refractivity (Wildman–Crippen MR) is 74.7 cm³/mol. The van der Waals surface area contributed by atoms with Gasteiger partial charge in [-0.3, -0.25) is 14.6 Å². The first-order valence-corrected chi connectivity index (χ1v) is 7.01. The highest BCUT2D eigenvalue weighted by atomic mass is 35.5. The average molecular weight is 321 g/mol. The topological polar surface area (TPSA) is 23.6 Å². The van der Waals surface area contributed by atoms with Crippen LogP contribution in [-0.2, 0) is 0 Å². The van der Waals surface area contributed by atoms with Gasteiger partial charge in [-0.15, -0.1) is 0 Å². The number of carbonyl (C=O) groups excluding carboxylic acids is 1. The molecule has 0 saturated carbocycles. The lowest BCUT2D eigenvalue weighted by atomic mass is 10.1. The number of hydrogen-bond acceptors (Lipinski definition) is 3. The second kappa shape index (κ2) is 6.77. The molecule has 0 bridgehead atoms. The van der Waals surface area contributed by atoms with Gasteiger partial charge in [0.25, 0.3) is 0 Å². The summed E-state index contributed by atoms with van der Waals surface area (Å²) in [6.07, 6.45) is -4.17. The molecule has 0 N–H and O–H groups in total. The number of halogens is 4. The number of alkyl halides is 3. The lowest BCUT2D eigenvalue weighted by Crippen LogP contribution is -2.50. The van der Waals surface area contributed by atoms with Crippen LogP contribution in [0.15, 0.2) is 24.3 Å². The third-order valence-corrected chi connectivity index (χ3v) is 3.62. The standard InChI is InChI=1S/C14H16ClF3N2O/c15-12-3-1-2-11(8-12)13(21)9-19-4-6-20(7-5-19)10-14(16,17)18/h1-3,8H,4-7,9-10H2. The zero-order valence-electron chi connectivity index (χ0n) is 11.4. The molecule has 1 saturated heterocycles. The number of piperazine rings is 1. The molecule has 0 aliphatic carbocycles. The van der Waals surface area contributed by atoms with Crippen molar-refractivity contribution in [1.29, 1.82) is 0 Å². The van der Waals surface area contributed by atoms with Crippen molar-refractivity contribution in [3.05, 3.63) is 34.9 Å². The van der Waals surface area contributed by atoms with E-state index in [4.69, 9.17) is 11.6 Å². The number of hydrogen-bond donors (Lipinski definition) is 0. The molecule has 21 heavy (non-hydrogen) atoms. The van der Waals surface area contributed by atoms with Crippen LogP contribution >= 0.6 is 11.6 Å². The summed E-state index contributed by atoms with van der Waals surface area (Å²) >= 11 is 5.83. The zero-order valence-corrected chi connectivity index (χ0v) is 12.1. The lowest BCUT2D eigenvalue weighted by Gasteiger charge is -2.34. The van der Waals surface area contributed by atoms with Crippen LogP contribution in [0.1, 0.15) is 10.4 Å². The molecular weight excluding hydrogens is 305 g/mol. The molecule has 3 nitrogen and oxygen atoms in total. The Balaban J connectivity index is 1.82. The van der Waals surface area contributed by atoms with Gasteiger partial charge in [0.05, 0.1) is 13.1 Å². The minimum atomic E-state index is -4.17. The van der Waals surface area contributed by atoms with Crippen molar-refractivity contribution < 1.29 is 18.0 Å². The summed E-state index contributed by atoms with van der Waals surface area (Å²) in [5.41, 5.74) is 0.528. The normalized spacial score (nSPS) is 17.9. The van der Waals surface area contributed by atoms with Crippen LogP contribution in [0.5, 0.6) is 0 Å². The second-order valence-corrected chi connectivity index (χ2v) is 5.54. The Bertz CT molecular complexity index is 499. The number of carbonyl (C=O) groups is 1. The second-order valence-electron chi connectivity index (χ2n) is 5.10. The number of ketones is 1. The maximum Gasteiger partial charge on any atom is 0.401 e. The largest absolute Gasteiger partial charge is 0.401 e. The van der Waals surface area contributed by atoms with Gasteiger partial charge >= 0.3 is 6.18 Å². The van der Waals surface area contributed by atoms with Gasteiger partial charge in [-0.1, -0.05) is 23.7 Å². The fourth-order valence-electron chi connectivity index (χ4n) is 2.32. The summed E-state index contributed by atoms with van der Waals surface area (Å²) in [6.45, 7) is 0.888. The van der Waals surface area contributed by atoms with Crippen molar-refractivity contribution in [3.63, 3.8) is 0 Å². The van der Waals surface area contributed by atoms with Gasteiger partial charge in [0.15, 0.2) is 5.78 Å². The van der Waals surface area contributed by atoms with Gasteiger partial charge in [-0.25, -0.2) is 0 Å². The van der Waals surface area contributed by atoms with Gasteiger partial charge in [-0.05, 0) is 12.1 Å². The monoisotopic (exact) mass is 320 g/mol. The number of benzene rings is 1. The Labute approximate surface area is 126 Å². The fraction of sp³-hybridized carbons (Fsp3) is 0.500. The highest BCUT2D eigenvalue weighted by Crippen LogP contribution is 2.18. The highest BCUT2D eigenvalue weighted by Gasteiger charge is 2.32. The van der Waals surface area contributed by atoms with E-state index < -0.39 is 12.7 Å². The number of Topliss-reactive ketones (excluding diaryl/α,β-unsaturated/α-hetero) is 1. The molecule has 0 aromatic heterocycles. The van der Waals surface area contributed by atoms with Crippen molar-refractivity contribution in [2.45, 2.75) is 6.18 Å². The van der Waals surface area contributed by atoms with E-state index in [0.717, 1.165) is 0 Å². The summed E-state index contributed by atoms with van der Waals surface area (Å²) in [4.78, 5) is 15.3. The molecule has 1 aromatic carbocycles. The van der Waals surface area contributed by atoms with Crippen LogP contribution in [0.3, 0.4) is 0 Å². The smallest absolute Gasteiger partial charge is 0.293 e. The Kier molecular flexibility index (Phi) is 5.24. The van der Waals surface area contributed by atoms with E-state index >= 15 is 0 Å². The number of nitrogens with zero attached hydrogens (tertiary/aromatic N) is 2. The quantitative estimate of drug-likeness (QED) is 0.797. The molecule has 1 aliphatic rings. The SMILES string of the molecule is O=C(CN1CCN(CC(F)(F)F)CC1)c1cccc(Cl)c1. The van der Waals surface area contributed by atoms with E-state index in [2.05, 4.69) is 0 Å². The Morgan fingerprint density at radius 3 is 2.33 bits per heavy atom. The van der Waals surface area contributed by atoms with Gasteiger partial charge < -0.3 is 0 Å². The molecule has 0 unspecified atom stereocenters. The third kappa shape index (κ3) is 5.30. The van der Waals surface area contributed by atoms with E-state index in [9.17, 15) is 18.0 Å². The molecule has 1 fully saturated rings. The Morgan fingerprint density at radius 2 is 1.76 bits per heavy atom. The average Bonchev–Trinajstić information content (AvgIpc) is 2.39. The fourth-order valence-corrected chi connectivity index (χ4v) is 2.51. The van der Waals surface area contributed by atoms with Crippen LogP contribution < -0.4 is 0 Å². The molecule has 0 spiro atoms. The maximum atomic E-state index is 12.3. The Hall–Kier alpha value is -1.11. The predicted octanol–water partition coefficient (Wildman–Crippen LogP) is 2.70. The minimum Gasteiger partial charge on any atom is -0.293 e. The van der Waals surface area contributed by atoms with Crippen LogP contribution in [0.2, 0.25) is 5.02 Å². The van der Waals surface area contributed by atoms with Crippen molar-refractivity contribution in [3.8, 4) is 0 Å². The molecule has 1 aromatic rings. The summed E-state index contributed by atoms with van der Waals surface area (Å²) in [6, 6.07) is 6.68. The van der Waals surface area contributed by atoms with E-state index in [1.54, 1.807) is 24.3 Å². The summed E-state index contributed by atoms with van der Waals surface area (Å²) in [7, 11) is 0. The first kappa shape index (κ1) is 16.3. The van der Waals surface area contributed by atoms with Crippen molar-refractivity contribution in [2.75, 3.05) is 39.3 Å². The van der Waals surface area contributed by atoms with Crippen LogP contribution in [0, 0.1) is 0 Å². The van der Waals surface area contributed by atoms with Crippen LogP contribution in [0.4, 0.5) is 13.2 Å². The van der Waals surface area contributed by atoms with E-state index in [-0.39, 0.29) is 12.3 Å². The third-order valence-electron chi connectivity index (χ3n) is 3.38. The van der Waals surface area contributed by atoms with Crippen LogP contribution in [0.25, 0.3) is 0 Å². The molecular formula is C14H16ClF3N2O. The first-order chi connectivity index (χ1) is 9.83. The molecule has 1 aliphatic heterocycles. The molecule has 0 radical (unpaired) electrons. The zero-order chi connectivity index (χ0) is 15.5. The van der Waals surface area contributed by atoms with E-state index in [0.29, 0.717) is 36.8 Å². The van der Waals surface area contributed by atoms with Gasteiger partial charge in [-0.2, -0.15) is 13.2 Å². The molecule has 116 valence electrons. The van der Waals surface area contributed by atoms with Gasteiger partial charge in [0.2, 0.25) is 0 Å². The molecule has 0 amide bonds. The molecule has 1 heterocycles. The summed E-state index contributed by atoms with van der Waals surface area (Å²) in [5, 5.41) is 0.496. The molecule has 2 rings (SSSR count). The van der Waals surface area contributed by atoms with Crippen LogP contribution in [-0.4, -0.2) is 61.0 Å². The van der Waals surface area contributed by atoms with Crippen molar-refractivity contribution >= 4 is 17.4 Å². The van der Waals surface area contributed by atoms with Gasteiger partial charge in [0.1, 0.15) is 0 Å². The van der Waals surface area contributed by atoms with Crippen molar-refractivity contribution in [1.82, 2.24) is 9.80 Å². The molecule has 0 atom stereocenters. The van der Waals surface area contributed by atoms with Gasteiger partial charge in [0, 0.05) is 36.8 Å². The Morgan fingerprint density at radius 1 is 1.14 bits per heavy atom. The van der Waals surface area contributed by atoms with E-state index in [1.807, 2.05) is 4.90 Å². The summed E-state index contributed by atoms with van der Waals surface area (Å²) in [5.74, 6) is -0.0678. The van der Waals surface area contributed by atoms with Crippen molar-refractivity contribution in [2.24, 2.45) is 0 Å². The van der Waals surface area contributed by atoms with E-state index in [1.165, 1.54) is 4.90 Å². The lowest BCUT2D eigenvalue weighted by molar-refractivity contribution is -0.149.